The van der Waals surface area contributed by atoms with Gasteiger partial charge in [-0.15, -0.1) is 0 Å². The molecule has 0 fully saturated rings. The van der Waals surface area contributed by atoms with Gasteiger partial charge in [0.05, 0.1) is 11.6 Å². The van der Waals surface area contributed by atoms with E-state index in [1.165, 1.54) is 12.3 Å². The molecular formula is C11H13N3O2. The van der Waals surface area contributed by atoms with E-state index in [0.29, 0.717) is 17.8 Å². The highest BCUT2D eigenvalue weighted by Crippen LogP contribution is 2.09. The second kappa shape index (κ2) is 5.71. The molecule has 0 saturated heterocycles. The molecule has 1 atom stereocenters. The first kappa shape index (κ1) is 12.0. The zero-order valence-electron chi connectivity index (χ0n) is 8.97. The van der Waals surface area contributed by atoms with Crippen LogP contribution in [0.15, 0.2) is 18.3 Å². The van der Waals surface area contributed by atoms with E-state index < -0.39 is 12.0 Å². The molecule has 0 spiro atoms. The normalized spacial score (nSPS) is 11.5. The standard InChI is InChI=1S/C11H13N3O2/c1-2-3-9(11(15)16)14-10-6-8(7-12)4-5-13-10/h4-6,9H,2-3H2,1H3,(H,13,14)(H,15,16). The summed E-state index contributed by atoms with van der Waals surface area (Å²) in [5.74, 6) is -0.495. The summed E-state index contributed by atoms with van der Waals surface area (Å²) in [6, 6.07) is 4.42. The highest BCUT2D eigenvalue weighted by molar-refractivity contribution is 5.76. The van der Waals surface area contributed by atoms with Gasteiger partial charge in [-0.25, -0.2) is 9.78 Å². The van der Waals surface area contributed by atoms with E-state index in [9.17, 15) is 4.79 Å². The first-order chi connectivity index (χ1) is 7.67. The van der Waals surface area contributed by atoms with Crippen molar-refractivity contribution in [3.8, 4) is 6.07 Å². The fourth-order valence-corrected chi connectivity index (χ4v) is 1.30. The average molecular weight is 219 g/mol. The maximum atomic E-state index is 10.9. The van der Waals surface area contributed by atoms with Crippen molar-refractivity contribution in [2.75, 3.05) is 5.32 Å². The van der Waals surface area contributed by atoms with E-state index in [1.807, 2.05) is 13.0 Å². The molecule has 1 heterocycles. The minimum atomic E-state index is -0.911. The monoisotopic (exact) mass is 219 g/mol. The summed E-state index contributed by atoms with van der Waals surface area (Å²) in [5, 5.41) is 20.4. The number of hydrogen-bond acceptors (Lipinski definition) is 4. The molecule has 1 rings (SSSR count). The van der Waals surface area contributed by atoms with Gasteiger partial charge in [0, 0.05) is 6.20 Å². The summed E-state index contributed by atoms with van der Waals surface area (Å²) in [6.07, 6.45) is 2.77. The zero-order chi connectivity index (χ0) is 12.0. The number of aliphatic carboxylic acids is 1. The highest BCUT2D eigenvalue weighted by atomic mass is 16.4. The molecule has 0 bridgehead atoms. The van der Waals surface area contributed by atoms with Crippen molar-refractivity contribution in [1.29, 1.82) is 5.26 Å². The molecule has 0 aliphatic carbocycles. The van der Waals surface area contributed by atoms with Gasteiger partial charge < -0.3 is 10.4 Å². The number of hydrogen-bond donors (Lipinski definition) is 2. The van der Waals surface area contributed by atoms with Crippen LogP contribution in [-0.2, 0) is 4.79 Å². The molecule has 0 amide bonds. The third kappa shape index (κ3) is 3.24. The quantitative estimate of drug-likeness (QED) is 0.785. The van der Waals surface area contributed by atoms with Crippen molar-refractivity contribution < 1.29 is 9.90 Å². The smallest absolute Gasteiger partial charge is 0.326 e. The lowest BCUT2D eigenvalue weighted by atomic mass is 10.1. The molecular weight excluding hydrogens is 206 g/mol. The first-order valence-electron chi connectivity index (χ1n) is 5.03. The summed E-state index contributed by atoms with van der Waals surface area (Å²) < 4.78 is 0. The summed E-state index contributed by atoms with van der Waals surface area (Å²) in [7, 11) is 0. The largest absolute Gasteiger partial charge is 0.480 e. The van der Waals surface area contributed by atoms with Crippen molar-refractivity contribution in [3.63, 3.8) is 0 Å². The molecule has 1 aromatic rings. The summed E-state index contributed by atoms with van der Waals surface area (Å²) >= 11 is 0. The molecule has 1 aromatic heterocycles. The van der Waals surface area contributed by atoms with Crippen molar-refractivity contribution in [2.24, 2.45) is 0 Å². The predicted octanol–water partition coefficient (Wildman–Crippen LogP) is 1.62. The van der Waals surface area contributed by atoms with E-state index in [4.69, 9.17) is 10.4 Å². The number of carboxylic acid groups (broad SMARTS) is 1. The minimum absolute atomic E-state index is 0.417. The third-order valence-electron chi connectivity index (χ3n) is 2.09. The Bertz CT molecular complexity index is 412. The van der Waals surface area contributed by atoms with Crippen molar-refractivity contribution in [1.82, 2.24) is 4.98 Å². The number of nitrogens with one attached hydrogen (secondary N) is 1. The van der Waals surface area contributed by atoms with Gasteiger partial charge in [-0.05, 0) is 18.6 Å². The summed E-state index contributed by atoms with van der Waals surface area (Å²) in [5.41, 5.74) is 0.457. The van der Waals surface area contributed by atoms with Gasteiger partial charge in [-0.3, -0.25) is 0 Å². The lowest BCUT2D eigenvalue weighted by molar-refractivity contribution is -0.138. The number of nitriles is 1. The maximum absolute atomic E-state index is 10.9. The van der Waals surface area contributed by atoms with Crippen LogP contribution >= 0.6 is 0 Å². The lowest BCUT2D eigenvalue weighted by Crippen LogP contribution is -2.29. The van der Waals surface area contributed by atoms with Gasteiger partial charge >= 0.3 is 5.97 Å². The second-order valence-electron chi connectivity index (χ2n) is 3.37. The van der Waals surface area contributed by atoms with E-state index in [2.05, 4.69) is 10.3 Å². The Kier molecular flexibility index (Phi) is 4.28. The van der Waals surface area contributed by atoms with E-state index in [0.717, 1.165) is 6.42 Å². The van der Waals surface area contributed by atoms with E-state index >= 15 is 0 Å². The molecule has 2 N–H and O–H groups in total. The highest BCUT2D eigenvalue weighted by Gasteiger charge is 2.16. The van der Waals surface area contributed by atoms with Crippen molar-refractivity contribution in [2.45, 2.75) is 25.8 Å². The average Bonchev–Trinajstić information content (AvgIpc) is 2.28. The molecule has 0 aliphatic heterocycles. The molecule has 5 heteroatoms. The van der Waals surface area contributed by atoms with Gasteiger partial charge in [-0.1, -0.05) is 13.3 Å². The van der Waals surface area contributed by atoms with Crippen LogP contribution in [0.2, 0.25) is 0 Å². The topological polar surface area (TPSA) is 86.0 Å². The van der Waals surface area contributed by atoms with Gasteiger partial charge in [0.1, 0.15) is 11.9 Å². The van der Waals surface area contributed by atoms with Crippen LogP contribution < -0.4 is 5.32 Å². The Morgan fingerprint density at radius 1 is 1.75 bits per heavy atom. The predicted molar refractivity (Wildman–Crippen MR) is 58.9 cm³/mol. The Labute approximate surface area is 93.7 Å². The fourth-order valence-electron chi connectivity index (χ4n) is 1.30. The van der Waals surface area contributed by atoms with Crippen molar-refractivity contribution in [3.05, 3.63) is 23.9 Å². The molecule has 0 radical (unpaired) electrons. The number of aromatic nitrogens is 1. The summed E-state index contributed by atoms with van der Waals surface area (Å²) in [6.45, 7) is 1.91. The van der Waals surface area contributed by atoms with E-state index in [1.54, 1.807) is 6.07 Å². The van der Waals surface area contributed by atoms with Crippen LogP contribution in [0, 0.1) is 11.3 Å². The van der Waals surface area contributed by atoms with E-state index in [-0.39, 0.29) is 0 Å². The fraction of sp³-hybridized carbons (Fsp3) is 0.364. The molecule has 1 unspecified atom stereocenters. The van der Waals surface area contributed by atoms with Crippen LogP contribution in [0.5, 0.6) is 0 Å². The summed E-state index contributed by atoms with van der Waals surface area (Å²) in [4.78, 5) is 14.9. The lowest BCUT2D eigenvalue weighted by Gasteiger charge is -2.13. The number of carbonyl (C=O) groups is 1. The number of anilines is 1. The van der Waals surface area contributed by atoms with Crippen LogP contribution in [-0.4, -0.2) is 22.1 Å². The molecule has 0 saturated carbocycles. The van der Waals surface area contributed by atoms with Crippen LogP contribution in [0.4, 0.5) is 5.82 Å². The molecule has 5 nitrogen and oxygen atoms in total. The third-order valence-corrected chi connectivity index (χ3v) is 2.09. The Balaban J connectivity index is 2.77. The number of pyridine rings is 1. The van der Waals surface area contributed by atoms with Crippen LogP contribution in [0.25, 0.3) is 0 Å². The zero-order valence-corrected chi connectivity index (χ0v) is 8.97. The van der Waals surface area contributed by atoms with Gasteiger partial charge in [0.2, 0.25) is 0 Å². The van der Waals surface area contributed by atoms with Crippen molar-refractivity contribution >= 4 is 11.8 Å². The molecule has 0 aromatic carbocycles. The Hall–Kier alpha value is -2.09. The first-order valence-corrected chi connectivity index (χ1v) is 5.03. The SMILES string of the molecule is CCCC(Nc1cc(C#N)ccn1)C(=O)O. The number of nitrogens with zero attached hydrogens (tertiary/aromatic N) is 2. The number of rotatable bonds is 5. The molecule has 16 heavy (non-hydrogen) atoms. The second-order valence-corrected chi connectivity index (χ2v) is 3.37. The van der Waals surface area contributed by atoms with Gasteiger partial charge in [-0.2, -0.15) is 5.26 Å². The van der Waals surface area contributed by atoms with Crippen LogP contribution in [0.3, 0.4) is 0 Å². The Morgan fingerprint density at radius 3 is 3.06 bits per heavy atom. The maximum Gasteiger partial charge on any atom is 0.326 e. The molecule has 84 valence electrons. The number of carboxylic acids is 1. The Morgan fingerprint density at radius 2 is 2.50 bits per heavy atom. The van der Waals surface area contributed by atoms with Gasteiger partial charge in [0.15, 0.2) is 0 Å². The van der Waals surface area contributed by atoms with Crippen LogP contribution in [0.1, 0.15) is 25.3 Å². The molecule has 0 aliphatic rings. The van der Waals surface area contributed by atoms with Gasteiger partial charge in [0.25, 0.3) is 0 Å². The minimum Gasteiger partial charge on any atom is -0.480 e.